The highest BCUT2D eigenvalue weighted by molar-refractivity contribution is 6.06. The van der Waals surface area contributed by atoms with Crippen molar-refractivity contribution in [2.45, 2.75) is 40.2 Å². The molecule has 0 saturated carbocycles. The molecule has 1 fully saturated rings. The van der Waals surface area contributed by atoms with E-state index in [0.29, 0.717) is 31.7 Å². The molecule has 1 aliphatic rings. The summed E-state index contributed by atoms with van der Waals surface area (Å²) in [7, 11) is 0. The fraction of sp³-hybridized carbons (Fsp3) is 0.481. The molecule has 0 bridgehead atoms. The average Bonchev–Trinajstić information content (AvgIpc) is 3.17. The van der Waals surface area contributed by atoms with Crippen molar-refractivity contribution in [1.29, 1.82) is 0 Å². The number of fused-ring (bicyclic) bond motifs is 1. The number of hydrogen-bond acceptors (Lipinski definition) is 5. The molecule has 4 rings (SSSR count). The Bertz CT molecular complexity index is 1170. The number of aromatic nitrogens is 3. The molecular weight excluding hydrogens is 440 g/mol. The van der Waals surface area contributed by atoms with Crippen molar-refractivity contribution in [3.05, 3.63) is 48.2 Å². The van der Waals surface area contributed by atoms with Gasteiger partial charge in [-0.3, -0.25) is 14.5 Å². The Morgan fingerprint density at radius 2 is 1.77 bits per heavy atom. The standard InChI is InChI=1S/C27H36N6O2/c1-5-31(6-2)25(34)19-30-13-10-14-32(16-15-30)27(35)22-17-24(21-11-8-7-9-12-21)29-26-23(22)18-28-33(26)20(3)4/h7-9,11-12,17-18,20H,5-6,10,13-16,19H2,1-4H3. The number of pyridine rings is 1. The lowest BCUT2D eigenvalue weighted by Gasteiger charge is -2.25. The van der Waals surface area contributed by atoms with Gasteiger partial charge in [0.15, 0.2) is 5.65 Å². The van der Waals surface area contributed by atoms with Gasteiger partial charge in [-0.25, -0.2) is 9.67 Å². The Hall–Kier alpha value is -3.26. The molecule has 3 heterocycles. The molecule has 0 radical (unpaired) electrons. The number of hydrogen-bond donors (Lipinski definition) is 0. The van der Waals surface area contributed by atoms with Crippen LogP contribution in [0.2, 0.25) is 0 Å². The number of carbonyl (C=O) groups excluding carboxylic acids is 2. The summed E-state index contributed by atoms with van der Waals surface area (Å²) in [5.74, 6) is 0.147. The summed E-state index contributed by atoms with van der Waals surface area (Å²) in [6.07, 6.45) is 2.60. The van der Waals surface area contributed by atoms with Crippen LogP contribution in [0.3, 0.4) is 0 Å². The lowest BCUT2D eigenvalue weighted by molar-refractivity contribution is -0.132. The highest BCUT2D eigenvalue weighted by atomic mass is 16.2. The van der Waals surface area contributed by atoms with Crippen LogP contribution in [0.15, 0.2) is 42.6 Å². The maximum absolute atomic E-state index is 13.8. The largest absolute Gasteiger partial charge is 0.342 e. The van der Waals surface area contributed by atoms with Gasteiger partial charge in [0, 0.05) is 50.9 Å². The lowest BCUT2D eigenvalue weighted by atomic mass is 10.1. The predicted octanol–water partition coefficient (Wildman–Crippen LogP) is 3.70. The molecule has 2 amide bonds. The van der Waals surface area contributed by atoms with Crippen molar-refractivity contribution < 1.29 is 9.59 Å². The molecule has 0 aliphatic carbocycles. The third-order valence-electron chi connectivity index (χ3n) is 6.71. The lowest BCUT2D eigenvalue weighted by Crippen LogP contribution is -2.42. The molecule has 1 saturated heterocycles. The summed E-state index contributed by atoms with van der Waals surface area (Å²) in [6.45, 7) is 12.7. The van der Waals surface area contributed by atoms with E-state index in [4.69, 9.17) is 4.98 Å². The molecule has 0 atom stereocenters. The van der Waals surface area contributed by atoms with Gasteiger partial charge in [-0.15, -0.1) is 0 Å². The summed E-state index contributed by atoms with van der Waals surface area (Å²) < 4.78 is 1.88. The van der Waals surface area contributed by atoms with Crippen molar-refractivity contribution >= 4 is 22.8 Å². The minimum absolute atomic E-state index is 0.00481. The second kappa shape index (κ2) is 11.0. The summed E-state index contributed by atoms with van der Waals surface area (Å²) in [5.41, 5.74) is 3.10. The van der Waals surface area contributed by atoms with Crippen LogP contribution in [0.5, 0.6) is 0 Å². The maximum Gasteiger partial charge on any atom is 0.254 e. The molecule has 2 aromatic heterocycles. The van der Waals surface area contributed by atoms with Gasteiger partial charge >= 0.3 is 0 Å². The van der Waals surface area contributed by atoms with E-state index in [9.17, 15) is 9.59 Å². The third-order valence-corrected chi connectivity index (χ3v) is 6.71. The van der Waals surface area contributed by atoms with Crippen LogP contribution in [-0.4, -0.2) is 87.1 Å². The van der Waals surface area contributed by atoms with Gasteiger partial charge < -0.3 is 9.80 Å². The van der Waals surface area contributed by atoms with Gasteiger partial charge in [-0.1, -0.05) is 30.3 Å². The number of amides is 2. The van der Waals surface area contributed by atoms with Gasteiger partial charge in [0.05, 0.1) is 29.4 Å². The second-order valence-corrected chi connectivity index (χ2v) is 9.33. The molecule has 1 aromatic carbocycles. The first-order valence-electron chi connectivity index (χ1n) is 12.7. The Morgan fingerprint density at radius 3 is 2.46 bits per heavy atom. The van der Waals surface area contributed by atoms with E-state index >= 15 is 0 Å². The first kappa shape index (κ1) is 24.9. The SMILES string of the molecule is CCN(CC)C(=O)CN1CCCN(C(=O)c2cc(-c3ccccc3)nc3c2cnn3C(C)C)CC1. The summed E-state index contributed by atoms with van der Waals surface area (Å²) in [4.78, 5) is 37.2. The zero-order valence-corrected chi connectivity index (χ0v) is 21.3. The number of rotatable bonds is 7. The van der Waals surface area contributed by atoms with E-state index in [1.54, 1.807) is 6.20 Å². The fourth-order valence-corrected chi connectivity index (χ4v) is 4.70. The molecule has 186 valence electrons. The monoisotopic (exact) mass is 476 g/mol. The number of benzene rings is 1. The first-order valence-corrected chi connectivity index (χ1v) is 12.7. The highest BCUT2D eigenvalue weighted by Gasteiger charge is 2.26. The van der Waals surface area contributed by atoms with Crippen molar-refractivity contribution in [3.8, 4) is 11.3 Å². The average molecular weight is 477 g/mol. The Balaban J connectivity index is 1.60. The Labute approximate surface area is 207 Å². The summed E-state index contributed by atoms with van der Waals surface area (Å²) in [6, 6.07) is 12.0. The van der Waals surface area contributed by atoms with E-state index in [0.717, 1.165) is 48.3 Å². The van der Waals surface area contributed by atoms with Gasteiger partial charge in [0.2, 0.25) is 5.91 Å². The topological polar surface area (TPSA) is 74.6 Å². The molecule has 35 heavy (non-hydrogen) atoms. The van der Waals surface area contributed by atoms with Crippen LogP contribution in [0.1, 0.15) is 50.5 Å². The van der Waals surface area contributed by atoms with Gasteiger partial charge in [-0.2, -0.15) is 5.10 Å². The zero-order chi connectivity index (χ0) is 24.9. The van der Waals surface area contributed by atoms with Gasteiger partial charge in [-0.05, 0) is 40.2 Å². The maximum atomic E-state index is 13.8. The second-order valence-electron chi connectivity index (χ2n) is 9.33. The molecule has 0 spiro atoms. The summed E-state index contributed by atoms with van der Waals surface area (Å²) >= 11 is 0. The van der Waals surface area contributed by atoms with Crippen molar-refractivity contribution in [2.75, 3.05) is 45.8 Å². The quantitative estimate of drug-likeness (QED) is 0.520. The van der Waals surface area contributed by atoms with E-state index < -0.39 is 0 Å². The molecule has 8 nitrogen and oxygen atoms in total. The van der Waals surface area contributed by atoms with Crippen LogP contribution >= 0.6 is 0 Å². The van der Waals surface area contributed by atoms with Crippen LogP contribution in [0.4, 0.5) is 0 Å². The predicted molar refractivity (Wildman–Crippen MR) is 138 cm³/mol. The molecule has 3 aromatic rings. The molecule has 0 N–H and O–H groups in total. The Kier molecular flexibility index (Phi) is 7.80. The third kappa shape index (κ3) is 5.37. The molecule has 1 aliphatic heterocycles. The Morgan fingerprint density at radius 1 is 1.03 bits per heavy atom. The molecule has 8 heteroatoms. The van der Waals surface area contributed by atoms with Crippen LogP contribution < -0.4 is 0 Å². The van der Waals surface area contributed by atoms with Crippen LogP contribution in [0, 0.1) is 0 Å². The number of nitrogens with zero attached hydrogens (tertiary/aromatic N) is 6. The summed E-state index contributed by atoms with van der Waals surface area (Å²) in [5, 5.41) is 5.33. The highest BCUT2D eigenvalue weighted by Crippen LogP contribution is 2.27. The minimum atomic E-state index is -0.00481. The zero-order valence-electron chi connectivity index (χ0n) is 21.3. The van der Waals surface area contributed by atoms with Crippen molar-refractivity contribution in [3.63, 3.8) is 0 Å². The normalized spacial score (nSPS) is 14.9. The number of likely N-dealkylation sites (N-methyl/N-ethyl adjacent to an activating group) is 1. The van der Waals surface area contributed by atoms with Gasteiger partial charge in [0.1, 0.15) is 0 Å². The smallest absolute Gasteiger partial charge is 0.254 e. The molecular formula is C27H36N6O2. The molecule has 0 unspecified atom stereocenters. The van der Waals surface area contributed by atoms with E-state index in [2.05, 4.69) is 23.8 Å². The van der Waals surface area contributed by atoms with Crippen molar-refractivity contribution in [2.24, 2.45) is 0 Å². The fourth-order valence-electron chi connectivity index (χ4n) is 4.70. The van der Waals surface area contributed by atoms with E-state index in [1.807, 2.05) is 64.7 Å². The van der Waals surface area contributed by atoms with E-state index in [-0.39, 0.29) is 17.9 Å². The van der Waals surface area contributed by atoms with E-state index in [1.165, 1.54) is 0 Å². The van der Waals surface area contributed by atoms with Crippen LogP contribution in [-0.2, 0) is 4.79 Å². The van der Waals surface area contributed by atoms with Crippen LogP contribution in [0.25, 0.3) is 22.3 Å². The first-order chi connectivity index (χ1) is 16.9. The minimum Gasteiger partial charge on any atom is -0.342 e. The number of carbonyl (C=O) groups is 2. The van der Waals surface area contributed by atoms with Crippen molar-refractivity contribution in [1.82, 2.24) is 29.5 Å². The van der Waals surface area contributed by atoms with Gasteiger partial charge in [0.25, 0.3) is 5.91 Å².